The molecule has 13 heteroatoms. The number of rotatable bonds is 5. The average Bonchev–Trinajstić information content (AvgIpc) is 3.55. The zero-order valence-corrected chi connectivity index (χ0v) is 22.2. The molecule has 9 nitrogen and oxygen atoms in total. The molecule has 4 aromatic rings. The van der Waals surface area contributed by atoms with Crippen molar-refractivity contribution in [2.24, 2.45) is 0 Å². The molecule has 0 atom stereocenters. The van der Waals surface area contributed by atoms with Crippen LogP contribution in [-0.4, -0.2) is 66.0 Å². The molecule has 2 aromatic heterocycles. The van der Waals surface area contributed by atoms with Gasteiger partial charge in [-0.3, -0.25) is 0 Å². The Morgan fingerprint density at radius 3 is 2.36 bits per heavy atom. The number of ether oxygens (including phenoxy) is 1. The summed E-state index contributed by atoms with van der Waals surface area (Å²) in [6, 6.07) is 10.8. The van der Waals surface area contributed by atoms with E-state index in [-0.39, 0.29) is 23.6 Å². The lowest BCUT2D eigenvalue weighted by Crippen LogP contribution is -2.56. The SMILES string of the molecule is O=S(=O)(c1ccc(C2(F)COC2)cc1)n1nc(N2CCN(c3ncc(F)cn3)CC23CC3)c2c(Cl)cccc21. The van der Waals surface area contributed by atoms with Crippen molar-refractivity contribution in [1.82, 2.24) is 19.2 Å². The fraction of sp³-hybridized carbons (Fsp3) is 0.346. The molecular formula is C26H23ClF2N6O3S. The first-order chi connectivity index (χ1) is 18.7. The van der Waals surface area contributed by atoms with Gasteiger partial charge in [0, 0.05) is 19.6 Å². The molecule has 2 aromatic carbocycles. The van der Waals surface area contributed by atoms with Crippen LogP contribution in [0.3, 0.4) is 0 Å². The topological polar surface area (TPSA) is 93.5 Å². The van der Waals surface area contributed by atoms with Gasteiger partial charge in [-0.25, -0.2) is 18.7 Å². The fourth-order valence-electron chi connectivity index (χ4n) is 5.45. The molecule has 0 radical (unpaired) electrons. The summed E-state index contributed by atoms with van der Waals surface area (Å²) in [7, 11) is -4.13. The Balaban J connectivity index is 1.26. The van der Waals surface area contributed by atoms with E-state index < -0.39 is 21.5 Å². The Morgan fingerprint density at radius 2 is 1.72 bits per heavy atom. The molecule has 1 aliphatic carbocycles. The van der Waals surface area contributed by atoms with Gasteiger partial charge in [0.2, 0.25) is 5.95 Å². The highest BCUT2D eigenvalue weighted by atomic mass is 35.5. The smallest absolute Gasteiger partial charge is 0.283 e. The molecule has 3 fully saturated rings. The molecule has 0 amide bonds. The second kappa shape index (κ2) is 8.57. The lowest BCUT2D eigenvalue weighted by Gasteiger charge is -2.42. The van der Waals surface area contributed by atoms with Gasteiger partial charge in [-0.2, -0.15) is 12.5 Å². The Labute approximate surface area is 228 Å². The summed E-state index contributed by atoms with van der Waals surface area (Å²) in [6.45, 7) is 1.54. The Hall–Kier alpha value is -3.35. The van der Waals surface area contributed by atoms with Crippen LogP contribution < -0.4 is 9.80 Å². The predicted molar refractivity (Wildman–Crippen MR) is 141 cm³/mol. The van der Waals surface area contributed by atoms with E-state index in [1.807, 2.05) is 4.90 Å². The van der Waals surface area contributed by atoms with E-state index in [9.17, 15) is 17.2 Å². The van der Waals surface area contributed by atoms with Crippen LogP contribution in [-0.2, 0) is 20.4 Å². The van der Waals surface area contributed by atoms with Gasteiger partial charge in [0.25, 0.3) is 10.0 Å². The van der Waals surface area contributed by atoms with Gasteiger partial charge >= 0.3 is 0 Å². The molecule has 2 aliphatic heterocycles. The van der Waals surface area contributed by atoms with E-state index >= 15 is 0 Å². The van der Waals surface area contributed by atoms with E-state index in [0.717, 1.165) is 29.3 Å². The molecule has 2 saturated heterocycles. The first-order valence-electron chi connectivity index (χ1n) is 12.5. The van der Waals surface area contributed by atoms with Gasteiger partial charge in [-0.05, 0) is 42.7 Å². The highest BCUT2D eigenvalue weighted by Gasteiger charge is 2.53. The Bertz CT molecular complexity index is 1690. The van der Waals surface area contributed by atoms with Gasteiger partial charge in [-0.15, -0.1) is 5.10 Å². The molecule has 1 saturated carbocycles. The monoisotopic (exact) mass is 572 g/mol. The van der Waals surface area contributed by atoms with Crippen molar-refractivity contribution in [3.05, 3.63) is 71.3 Å². The Morgan fingerprint density at radius 1 is 1.00 bits per heavy atom. The van der Waals surface area contributed by atoms with Crippen molar-refractivity contribution >= 4 is 44.3 Å². The van der Waals surface area contributed by atoms with E-state index in [0.29, 0.717) is 52.9 Å². The van der Waals surface area contributed by atoms with Crippen LogP contribution >= 0.6 is 11.6 Å². The standard InChI is InChI=1S/C26H23ClF2N6O3S/c27-20-2-1-3-21-22(20)23(34-11-10-33(14-25(34)8-9-25)24-30-12-18(28)13-31-24)32-35(21)39(36,37)19-6-4-17(5-7-19)26(29)15-38-16-26/h1-7,12-13H,8-11,14-16H2. The van der Waals surface area contributed by atoms with Gasteiger partial charge in [0.1, 0.15) is 0 Å². The molecule has 1 spiro atoms. The molecule has 7 rings (SSSR count). The van der Waals surface area contributed by atoms with Crippen LogP contribution in [0.2, 0.25) is 5.02 Å². The summed E-state index contributed by atoms with van der Waals surface area (Å²) >= 11 is 6.64. The number of nitrogens with zero attached hydrogens (tertiary/aromatic N) is 6. The summed E-state index contributed by atoms with van der Waals surface area (Å²) in [5.41, 5.74) is -1.16. The van der Waals surface area contributed by atoms with Gasteiger partial charge in [0.05, 0.1) is 52.0 Å². The van der Waals surface area contributed by atoms with Crippen molar-refractivity contribution < 1.29 is 21.9 Å². The predicted octanol–water partition coefficient (Wildman–Crippen LogP) is 3.91. The zero-order valence-electron chi connectivity index (χ0n) is 20.6. The summed E-state index contributed by atoms with van der Waals surface area (Å²) < 4.78 is 61.7. The number of alkyl halides is 1. The van der Waals surface area contributed by atoms with Gasteiger partial charge in [0.15, 0.2) is 17.3 Å². The normalized spacial score (nSPS) is 19.9. The molecule has 202 valence electrons. The lowest BCUT2D eigenvalue weighted by atomic mass is 9.94. The first kappa shape index (κ1) is 24.7. The minimum atomic E-state index is -4.13. The molecule has 0 bridgehead atoms. The first-order valence-corrected chi connectivity index (χ1v) is 14.3. The van der Waals surface area contributed by atoms with Crippen LogP contribution in [0.1, 0.15) is 18.4 Å². The van der Waals surface area contributed by atoms with E-state index in [1.165, 1.54) is 24.3 Å². The number of fused-ring (bicyclic) bond motifs is 1. The van der Waals surface area contributed by atoms with Crippen LogP contribution in [0, 0.1) is 5.82 Å². The highest BCUT2D eigenvalue weighted by Crippen LogP contribution is 2.49. The number of hydrogen-bond acceptors (Lipinski definition) is 8. The number of piperazine rings is 1. The summed E-state index contributed by atoms with van der Waals surface area (Å²) in [4.78, 5) is 12.4. The fourth-order valence-corrected chi connectivity index (χ4v) is 6.98. The summed E-state index contributed by atoms with van der Waals surface area (Å²) in [6.07, 6.45) is 4.03. The Kier molecular flexibility index (Phi) is 5.42. The van der Waals surface area contributed by atoms with E-state index in [4.69, 9.17) is 16.3 Å². The number of hydrogen-bond donors (Lipinski definition) is 0. The van der Waals surface area contributed by atoms with Crippen molar-refractivity contribution in [1.29, 1.82) is 0 Å². The van der Waals surface area contributed by atoms with Crippen molar-refractivity contribution in [3.63, 3.8) is 0 Å². The molecular weight excluding hydrogens is 550 g/mol. The zero-order chi connectivity index (χ0) is 27.0. The third-order valence-corrected chi connectivity index (χ3v) is 9.71. The van der Waals surface area contributed by atoms with Crippen LogP contribution in [0.25, 0.3) is 10.9 Å². The summed E-state index contributed by atoms with van der Waals surface area (Å²) in [5.74, 6) is 0.440. The maximum Gasteiger partial charge on any atom is 0.283 e. The molecule has 3 aliphatic rings. The number of aromatic nitrogens is 4. The average molecular weight is 573 g/mol. The second-order valence-electron chi connectivity index (χ2n) is 10.3. The van der Waals surface area contributed by atoms with Crippen molar-refractivity contribution in [2.45, 2.75) is 28.9 Å². The van der Waals surface area contributed by atoms with Crippen LogP contribution in [0.4, 0.5) is 20.5 Å². The van der Waals surface area contributed by atoms with Gasteiger partial charge in [-0.1, -0.05) is 29.8 Å². The maximum absolute atomic E-state index is 14.7. The number of benzene rings is 2. The number of anilines is 2. The number of halogens is 3. The molecule has 4 heterocycles. The molecule has 0 N–H and O–H groups in total. The van der Waals surface area contributed by atoms with Gasteiger partial charge < -0.3 is 14.5 Å². The largest absolute Gasteiger partial charge is 0.374 e. The van der Waals surface area contributed by atoms with E-state index in [2.05, 4.69) is 20.0 Å². The molecule has 0 unspecified atom stereocenters. The minimum Gasteiger partial charge on any atom is -0.374 e. The second-order valence-corrected chi connectivity index (χ2v) is 12.5. The maximum atomic E-state index is 14.7. The lowest BCUT2D eigenvalue weighted by molar-refractivity contribution is -0.135. The quantitative estimate of drug-likeness (QED) is 0.355. The highest BCUT2D eigenvalue weighted by molar-refractivity contribution is 7.90. The third kappa shape index (κ3) is 3.87. The van der Waals surface area contributed by atoms with E-state index in [1.54, 1.807) is 18.2 Å². The third-order valence-electron chi connectivity index (χ3n) is 7.79. The summed E-state index contributed by atoms with van der Waals surface area (Å²) in [5, 5.41) is 5.58. The van der Waals surface area contributed by atoms with Crippen LogP contribution in [0.5, 0.6) is 0 Å². The van der Waals surface area contributed by atoms with Crippen molar-refractivity contribution in [3.8, 4) is 0 Å². The molecule has 39 heavy (non-hydrogen) atoms. The van der Waals surface area contributed by atoms with Crippen molar-refractivity contribution in [2.75, 3.05) is 42.6 Å². The minimum absolute atomic E-state index is 0.00886. The van der Waals surface area contributed by atoms with Crippen LogP contribution in [0.15, 0.2) is 59.8 Å².